The second-order valence-electron chi connectivity index (χ2n) is 7.48. The second kappa shape index (κ2) is 7.35. The summed E-state index contributed by atoms with van der Waals surface area (Å²) < 4.78 is 0. The predicted octanol–water partition coefficient (Wildman–Crippen LogP) is 4.17. The summed E-state index contributed by atoms with van der Waals surface area (Å²) in [5.74, 6) is 2.02. The van der Waals surface area contributed by atoms with E-state index in [1.54, 1.807) is 0 Å². The Balaban J connectivity index is 2.80. The van der Waals surface area contributed by atoms with Gasteiger partial charge in [-0.15, -0.1) is 0 Å². The van der Waals surface area contributed by atoms with Gasteiger partial charge in [-0.05, 0) is 65.5 Å². The molecule has 21 heavy (non-hydrogen) atoms. The van der Waals surface area contributed by atoms with Crippen LogP contribution >= 0.6 is 0 Å². The van der Waals surface area contributed by atoms with Crippen LogP contribution < -0.4 is 5.32 Å². The topological polar surface area (TPSA) is 37.8 Å². The van der Waals surface area contributed by atoms with Gasteiger partial charge in [-0.3, -0.25) is 0 Å². The van der Waals surface area contributed by atoms with Gasteiger partial charge in [-0.25, -0.2) is 9.97 Å². The predicted molar refractivity (Wildman–Crippen MR) is 90.8 cm³/mol. The number of nitrogens with one attached hydrogen (secondary N) is 1. The van der Waals surface area contributed by atoms with Gasteiger partial charge in [0, 0.05) is 22.8 Å². The van der Waals surface area contributed by atoms with E-state index in [4.69, 9.17) is 9.97 Å². The highest BCUT2D eigenvalue weighted by Gasteiger charge is 2.16. The minimum Gasteiger partial charge on any atom is -0.312 e. The maximum absolute atomic E-state index is 4.74. The SMILES string of the molecule is CCC(C)c1nc(C)c(CC(C)CNC(C)(C)C)c(C)n1. The van der Waals surface area contributed by atoms with Gasteiger partial charge in [0.05, 0.1) is 0 Å². The van der Waals surface area contributed by atoms with Crippen molar-refractivity contribution in [2.45, 2.75) is 79.7 Å². The Morgan fingerprint density at radius 2 is 1.57 bits per heavy atom. The van der Waals surface area contributed by atoms with Crippen LogP contribution in [0.5, 0.6) is 0 Å². The number of rotatable bonds is 6. The molecule has 0 amide bonds. The number of hydrogen-bond acceptors (Lipinski definition) is 3. The Bertz CT molecular complexity index is 437. The average molecular weight is 291 g/mol. The average Bonchev–Trinajstić information content (AvgIpc) is 2.38. The van der Waals surface area contributed by atoms with Gasteiger partial charge in [0.2, 0.25) is 0 Å². The minimum absolute atomic E-state index is 0.176. The summed E-state index contributed by atoms with van der Waals surface area (Å²) in [5.41, 5.74) is 3.81. The first-order valence-electron chi connectivity index (χ1n) is 8.23. The van der Waals surface area contributed by atoms with E-state index in [0.29, 0.717) is 11.8 Å². The van der Waals surface area contributed by atoms with Gasteiger partial charge in [0.15, 0.2) is 0 Å². The summed E-state index contributed by atoms with van der Waals surface area (Å²) in [4.78, 5) is 9.47. The summed E-state index contributed by atoms with van der Waals surface area (Å²) in [5, 5.41) is 3.58. The number of aryl methyl sites for hydroxylation is 2. The molecule has 1 aromatic heterocycles. The van der Waals surface area contributed by atoms with E-state index in [1.807, 2.05) is 0 Å². The minimum atomic E-state index is 0.176. The lowest BCUT2D eigenvalue weighted by Crippen LogP contribution is -2.39. The Kier molecular flexibility index (Phi) is 6.33. The molecule has 1 aromatic rings. The van der Waals surface area contributed by atoms with Crippen LogP contribution in [-0.2, 0) is 6.42 Å². The molecule has 1 rings (SSSR count). The molecule has 0 saturated heterocycles. The van der Waals surface area contributed by atoms with E-state index in [1.165, 1.54) is 5.56 Å². The van der Waals surface area contributed by atoms with Crippen LogP contribution in [0.15, 0.2) is 0 Å². The summed E-state index contributed by atoms with van der Waals surface area (Å²) in [6.45, 7) is 18.6. The van der Waals surface area contributed by atoms with Crippen molar-refractivity contribution in [1.29, 1.82) is 0 Å². The highest BCUT2D eigenvalue weighted by Crippen LogP contribution is 2.20. The fourth-order valence-electron chi connectivity index (χ4n) is 2.36. The van der Waals surface area contributed by atoms with E-state index >= 15 is 0 Å². The lowest BCUT2D eigenvalue weighted by Gasteiger charge is -2.24. The molecule has 0 aromatic carbocycles. The Morgan fingerprint density at radius 1 is 1.05 bits per heavy atom. The lowest BCUT2D eigenvalue weighted by molar-refractivity contribution is 0.380. The van der Waals surface area contributed by atoms with Crippen molar-refractivity contribution in [2.24, 2.45) is 5.92 Å². The molecule has 120 valence electrons. The van der Waals surface area contributed by atoms with Gasteiger partial charge < -0.3 is 5.32 Å². The zero-order chi connectivity index (χ0) is 16.2. The van der Waals surface area contributed by atoms with Gasteiger partial charge in [0.25, 0.3) is 0 Å². The van der Waals surface area contributed by atoms with Crippen LogP contribution in [0.4, 0.5) is 0 Å². The highest BCUT2D eigenvalue weighted by atomic mass is 14.9. The number of aromatic nitrogens is 2. The molecule has 3 heteroatoms. The first-order valence-corrected chi connectivity index (χ1v) is 8.23. The molecule has 0 saturated carbocycles. The van der Waals surface area contributed by atoms with Gasteiger partial charge in [-0.2, -0.15) is 0 Å². The normalized spacial score (nSPS) is 15.0. The molecule has 0 bridgehead atoms. The third-order valence-electron chi connectivity index (χ3n) is 4.02. The zero-order valence-corrected chi connectivity index (χ0v) is 15.2. The lowest BCUT2D eigenvalue weighted by atomic mass is 9.97. The Hall–Kier alpha value is -0.960. The molecule has 0 aliphatic heterocycles. The third kappa shape index (κ3) is 5.74. The van der Waals surface area contributed by atoms with Crippen LogP contribution in [0.25, 0.3) is 0 Å². The molecule has 1 N–H and O–H groups in total. The number of nitrogens with zero attached hydrogens (tertiary/aromatic N) is 2. The fraction of sp³-hybridized carbons (Fsp3) is 0.778. The van der Waals surface area contributed by atoms with Crippen molar-refractivity contribution in [3.63, 3.8) is 0 Å². The van der Waals surface area contributed by atoms with Crippen molar-refractivity contribution in [3.8, 4) is 0 Å². The van der Waals surface area contributed by atoms with Crippen LogP contribution in [0.1, 0.15) is 76.7 Å². The third-order valence-corrected chi connectivity index (χ3v) is 4.02. The van der Waals surface area contributed by atoms with Crippen molar-refractivity contribution in [3.05, 3.63) is 22.8 Å². The van der Waals surface area contributed by atoms with E-state index in [0.717, 1.165) is 36.6 Å². The highest BCUT2D eigenvalue weighted by molar-refractivity contribution is 5.25. The molecule has 0 aliphatic carbocycles. The molecular weight excluding hydrogens is 258 g/mol. The summed E-state index contributed by atoms with van der Waals surface area (Å²) in [6.07, 6.45) is 2.13. The molecule has 2 atom stereocenters. The van der Waals surface area contributed by atoms with Crippen molar-refractivity contribution >= 4 is 0 Å². The van der Waals surface area contributed by atoms with Crippen molar-refractivity contribution < 1.29 is 0 Å². The Labute approximate surface area is 131 Å². The Morgan fingerprint density at radius 3 is 2.00 bits per heavy atom. The summed E-state index contributed by atoms with van der Waals surface area (Å²) in [6, 6.07) is 0. The first-order chi connectivity index (χ1) is 9.64. The largest absolute Gasteiger partial charge is 0.312 e. The molecule has 2 unspecified atom stereocenters. The molecule has 3 nitrogen and oxygen atoms in total. The summed E-state index contributed by atoms with van der Waals surface area (Å²) >= 11 is 0. The van der Waals surface area contributed by atoms with E-state index in [2.05, 4.69) is 60.7 Å². The molecule has 0 fully saturated rings. The second-order valence-corrected chi connectivity index (χ2v) is 7.48. The van der Waals surface area contributed by atoms with Gasteiger partial charge in [0.1, 0.15) is 5.82 Å². The smallest absolute Gasteiger partial charge is 0.131 e. The monoisotopic (exact) mass is 291 g/mol. The summed E-state index contributed by atoms with van der Waals surface area (Å²) in [7, 11) is 0. The molecule has 0 radical (unpaired) electrons. The van der Waals surface area contributed by atoms with Gasteiger partial charge >= 0.3 is 0 Å². The van der Waals surface area contributed by atoms with Crippen LogP contribution in [0.3, 0.4) is 0 Å². The zero-order valence-electron chi connectivity index (χ0n) is 15.2. The van der Waals surface area contributed by atoms with Crippen molar-refractivity contribution in [2.75, 3.05) is 6.54 Å². The molecule has 0 spiro atoms. The van der Waals surface area contributed by atoms with Gasteiger partial charge in [-0.1, -0.05) is 20.8 Å². The first kappa shape index (κ1) is 18.1. The van der Waals surface area contributed by atoms with Crippen LogP contribution in [0.2, 0.25) is 0 Å². The van der Waals surface area contributed by atoms with Crippen molar-refractivity contribution in [1.82, 2.24) is 15.3 Å². The van der Waals surface area contributed by atoms with E-state index < -0.39 is 0 Å². The van der Waals surface area contributed by atoms with E-state index in [-0.39, 0.29) is 5.54 Å². The maximum atomic E-state index is 4.74. The fourth-order valence-corrected chi connectivity index (χ4v) is 2.36. The molecule has 0 aliphatic rings. The van der Waals surface area contributed by atoms with E-state index in [9.17, 15) is 0 Å². The molecule has 1 heterocycles. The van der Waals surface area contributed by atoms with Crippen LogP contribution in [0, 0.1) is 19.8 Å². The maximum Gasteiger partial charge on any atom is 0.131 e. The quantitative estimate of drug-likeness (QED) is 0.854. The number of hydrogen-bond donors (Lipinski definition) is 1. The van der Waals surface area contributed by atoms with Crippen LogP contribution in [-0.4, -0.2) is 22.1 Å². The molecular formula is C18H33N3. The standard InChI is InChI=1S/C18H33N3/c1-9-13(3)17-20-14(4)16(15(5)21-17)10-12(2)11-19-18(6,7)8/h12-13,19H,9-11H2,1-8H3.